The molecule has 1 aromatic carbocycles. The van der Waals surface area contributed by atoms with Crippen LogP contribution >= 0.6 is 11.6 Å². The van der Waals surface area contributed by atoms with Gasteiger partial charge in [0.25, 0.3) is 0 Å². The Hall–Kier alpha value is -0.570. The van der Waals surface area contributed by atoms with Crippen LogP contribution < -0.4 is 5.73 Å². The van der Waals surface area contributed by atoms with Gasteiger partial charge >= 0.3 is 0 Å². The molecule has 0 heterocycles. The Labute approximate surface area is 83.3 Å². The second-order valence-electron chi connectivity index (χ2n) is 3.31. The largest absolute Gasteiger partial charge is 0.387 e. The Morgan fingerprint density at radius 3 is 2.54 bits per heavy atom. The summed E-state index contributed by atoms with van der Waals surface area (Å²) in [6, 6.07) is 5.20. The van der Waals surface area contributed by atoms with E-state index in [9.17, 15) is 5.11 Å². The average molecular weight is 200 g/mol. The molecule has 2 nitrogen and oxygen atoms in total. The second kappa shape index (κ2) is 4.09. The fourth-order valence-electron chi connectivity index (χ4n) is 1.10. The highest BCUT2D eigenvalue weighted by molar-refractivity contribution is 6.31. The molecule has 0 aliphatic carbocycles. The molecule has 0 amide bonds. The zero-order chi connectivity index (χ0) is 10.0. The molecule has 0 aromatic heterocycles. The van der Waals surface area contributed by atoms with Gasteiger partial charge in [-0.2, -0.15) is 0 Å². The summed E-state index contributed by atoms with van der Waals surface area (Å²) in [5.41, 5.74) is 7.33. The Kier molecular flexibility index (Phi) is 3.31. The summed E-state index contributed by atoms with van der Waals surface area (Å²) in [4.78, 5) is 0. The van der Waals surface area contributed by atoms with Crippen LogP contribution in [0.1, 0.15) is 24.2 Å². The minimum atomic E-state index is -0.641. The van der Waals surface area contributed by atoms with Crippen molar-refractivity contribution < 1.29 is 5.11 Å². The van der Waals surface area contributed by atoms with Crippen LogP contribution in [0.25, 0.3) is 0 Å². The lowest BCUT2D eigenvalue weighted by Gasteiger charge is -2.15. The topological polar surface area (TPSA) is 46.2 Å². The quantitative estimate of drug-likeness (QED) is 0.766. The van der Waals surface area contributed by atoms with Gasteiger partial charge in [-0.05, 0) is 31.0 Å². The zero-order valence-electron chi connectivity index (χ0n) is 7.79. The van der Waals surface area contributed by atoms with Crippen molar-refractivity contribution in [1.29, 1.82) is 0 Å². The van der Waals surface area contributed by atoms with Crippen molar-refractivity contribution in [3.8, 4) is 0 Å². The van der Waals surface area contributed by atoms with E-state index in [1.165, 1.54) is 0 Å². The maximum atomic E-state index is 9.63. The van der Waals surface area contributed by atoms with E-state index in [-0.39, 0.29) is 6.04 Å². The van der Waals surface area contributed by atoms with E-state index in [1.54, 1.807) is 13.0 Å². The number of aliphatic hydroxyl groups excluding tert-OH is 1. The van der Waals surface area contributed by atoms with Crippen LogP contribution in [0.15, 0.2) is 18.2 Å². The van der Waals surface area contributed by atoms with Crippen molar-refractivity contribution in [2.75, 3.05) is 0 Å². The van der Waals surface area contributed by atoms with E-state index in [0.717, 1.165) is 11.1 Å². The minimum Gasteiger partial charge on any atom is -0.387 e. The van der Waals surface area contributed by atoms with Crippen molar-refractivity contribution in [1.82, 2.24) is 0 Å². The number of aryl methyl sites for hydroxylation is 1. The molecule has 2 atom stereocenters. The van der Waals surface area contributed by atoms with E-state index >= 15 is 0 Å². The highest BCUT2D eigenvalue weighted by atomic mass is 35.5. The first-order valence-electron chi connectivity index (χ1n) is 4.22. The van der Waals surface area contributed by atoms with Gasteiger partial charge in [0.05, 0.1) is 6.10 Å². The summed E-state index contributed by atoms with van der Waals surface area (Å²) >= 11 is 5.91. The molecule has 1 rings (SSSR count). The van der Waals surface area contributed by atoms with Gasteiger partial charge in [0.2, 0.25) is 0 Å². The first kappa shape index (κ1) is 10.5. The van der Waals surface area contributed by atoms with Crippen LogP contribution in [0.2, 0.25) is 5.02 Å². The Balaban J connectivity index is 2.97. The van der Waals surface area contributed by atoms with Crippen molar-refractivity contribution in [3.63, 3.8) is 0 Å². The molecule has 0 aliphatic rings. The molecule has 0 spiro atoms. The molecule has 1 aromatic rings. The number of halogens is 1. The smallest absolute Gasteiger partial charge is 0.0938 e. The molecule has 0 fully saturated rings. The minimum absolute atomic E-state index is 0.279. The number of benzene rings is 1. The predicted octanol–water partition coefficient (Wildman–Crippen LogP) is 2.03. The van der Waals surface area contributed by atoms with Crippen LogP contribution in [0, 0.1) is 6.92 Å². The van der Waals surface area contributed by atoms with Crippen molar-refractivity contribution in [3.05, 3.63) is 34.3 Å². The number of rotatable bonds is 2. The Morgan fingerprint density at radius 1 is 1.46 bits per heavy atom. The fraction of sp³-hybridized carbons (Fsp3) is 0.400. The molecule has 72 valence electrons. The highest BCUT2D eigenvalue weighted by Gasteiger charge is 2.12. The van der Waals surface area contributed by atoms with Crippen LogP contribution in [0.5, 0.6) is 0 Å². The molecular weight excluding hydrogens is 186 g/mol. The third-order valence-electron chi connectivity index (χ3n) is 2.04. The molecule has 13 heavy (non-hydrogen) atoms. The molecule has 3 N–H and O–H groups in total. The fourth-order valence-corrected chi connectivity index (χ4v) is 1.29. The highest BCUT2D eigenvalue weighted by Crippen LogP contribution is 2.22. The monoisotopic (exact) mass is 199 g/mol. The third kappa shape index (κ3) is 2.44. The normalized spacial score (nSPS) is 15.5. The lowest BCUT2D eigenvalue weighted by atomic mass is 10.0. The van der Waals surface area contributed by atoms with Crippen molar-refractivity contribution in [2.45, 2.75) is 26.0 Å². The summed E-state index contributed by atoms with van der Waals surface area (Å²) in [5, 5.41) is 10.3. The molecule has 0 bridgehead atoms. The number of hydrogen-bond donors (Lipinski definition) is 2. The van der Waals surface area contributed by atoms with Crippen LogP contribution in [0.4, 0.5) is 0 Å². The Bertz CT molecular complexity index is 299. The number of aliphatic hydroxyl groups is 1. The Morgan fingerprint density at radius 2 is 2.08 bits per heavy atom. The van der Waals surface area contributed by atoms with E-state index in [0.29, 0.717) is 5.02 Å². The molecular formula is C10H14ClNO. The van der Waals surface area contributed by atoms with E-state index in [1.807, 2.05) is 19.1 Å². The van der Waals surface area contributed by atoms with Crippen molar-refractivity contribution >= 4 is 11.6 Å². The molecule has 0 unspecified atom stereocenters. The van der Waals surface area contributed by atoms with Gasteiger partial charge in [0.15, 0.2) is 0 Å². The molecule has 3 heteroatoms. The maximum absolute atomic E-state index is 9.63. The number of hydrogen-bond acceptors (Lipinski definition) is 2. The lowest BCUT2D eigenvalue weighted by Crippen LogP contribution is -2.24. The summed E-state index contributed by atoms with van der Waals surface area (Å²) in [6.45, 7) is 3.68. The number of nitrogens with two attached hydrogens (primary N) is 1. The van der Waals surface area contributed by atoms with E-state index in [2.05, 4.69) is 0 Å². The van der Waals surface area contributed by atoms with E-state index < -0.39 is 6.10 Å². The molecule has 0 aliphatic heterocycles. The third-order valence-corrected chi connectivity index (χ3v) is 2.44. The molecule has 0 radical (unpaired) electrons. The van der Waals surface area contributed by atoms with Gasteiger partial charge in [-0.15, -0.1) is 0 Å². The maximum Gasteiger partial charge on any atom is 0.0938 e. The second-order valence-corrected chi connectivity index (χ2v) is 3.72. The summed E-state index contributed by atoms with van der Waals surface area (Å²) in [7, 11) is 0. The summed E-state index contributed by atoms with van der Waals surface area (Å²) in [6.07, 6.45) is -0.641. The zero-order valence-corrected chi connectivity index (χ0v) is 8.55. The van der Waals surface area contributed by atoms with Gasteiger partial charge in [-0.1, -0.05) is 23.7 Å². The predicted molar refractivity (Wildman–Crippen MR) is 54.8 cm³/mol. The SMILES string of the molecule is Cc1ccc([C@H](O)[C@H](C)N)cc1Cl. The molecule has 0 saturated heterocycles. The summed E-state index contributed by atoms with van der Waals surface area (Å²) in [5.74, 6) is 0. The van der Waals surface area contributed by atoms with E-state index in [4.69, 9.17) is 17.3 Å². The van der Waals surface area contributed by atoms with Gasteiger partial charge in [-0.3, -0.25) is 0 Å². The molecule has 0 saturated carbocycles. The summed E-state index contributed by atoms with van der Waals surface area (Å²) < 4.78 is 0. The van der Waals surface area contributed by atoms with Crippen LogP contribution in [0.3, 0.4) is 0 Å². The lowest BCUT2D eigenvalue weighted by molar-refractivity contribution is 0.153. The van der Waals surface area contributed by atoms with Gasteiger partial charge in [-0.25, -0.2) is 0 Å². The van der Waals surface area contributed by atoms with Crippen LogP contribution in [-0.2, 0) is 0 Å². The average Bonchev–Trinajstić information content (AvgIpc) is 2.08. The first-order valence-corrected chi connectivity index (χ1v) is 4.60. The van der Waals surface area contributed by atoms with Gasteiger partial charge in [0, 0.05) is 11.1 Å². The first-order chi connectivity index (χ1) is 6.02. The van der Waals surface area contributed by atoms with Gasteiger partial charge < -0.3 is 10.8 Å². The van der Waals surface area contributed by atoms with Crippen molar-refractivity contribution in [2.24, 2.45) is 5.73 Å². The van der Waals surface area contributed by atoms with Crippen LogP contribution in [-0.4, -0.2) is 11.1 Å². The van der Waals surface area contributed by atoms with Gasteiger partial charge in [0.1, 0.15) is 0 Å². The standard InChI is InChI=1S/C10H14ClNO/c1-6-3-4-8(5-9(6)11)10(13)7(2)12/h3-5,7,10,13H,12H2,1-2H3/t7-,10+/m0/s1.